The van der Waals surface area contributed by atoms with Gasteiger partial charge in [0.1, 0.15) is 42.7 Å². The van der Waals surface area contributed by atoms with Crippen molar-refractivity contribution in [2.45, 2.75) is 153 Å². The molecule has 0 radical (unpaired) electrons. The van der Waals surface area contributed by atoms with Crippen molar-refractivity contribution in [2.24, 2.45) is 0 Å². The lowest BCUT2D eigenvalue weighted by Gasteiger charge is -2.41. The summed E-state index contributed by atoms with van der Waals surface area (Å²) in [5.74, 6) is -0.611. The number of hydrogen-bond acceptors (Lipinski definition) is 11. The van der Waals surface area contributed by atoms with Crippen LogP contribution in [0.15, 0.2) is 72.9 Å². The number of aliphatic hydroxyl groups excluding tert-OH is 5. The van der Waals surface area contributed by atoms with E-state index < -0.39 is 63.1 Å². The molecule has 12 nitrogen and oxygen atoms in total. The Kier molecular flexibility index (Phi) is 28.6. The molecule has 6 N–H and O–H groups in total. The van der Waals surface area contributed by atoms with Crippen LogP contribution in [0.4, 0.5) is 0 Å². The van der Waals surface area contributed by atoms with E-state index in [0.717, 1.165) is 70.6 Å². The van der Waals surface area contributed by atoms with Crippen LogP contribution in [0, 0.1) is 0 Å². The van der Waals surface area contributed by atoms with E-state index in [2.05, 4.69) is 62.5 Å². The highest BCUT2D eigenvalue weighted by molar-refractivity contribution is 7.47. The van der Waals surface area contributed by atoms with Gasteiger partial charge in [-0.05, 0) is 57.8 Å². The average Bonchev–Trinajstić information content (AvgIpc) is 3.14. The number of carbonyl (C=O) groups excluding carboxylic acids is 1. The van der Waals surface area contributed by atoms with Crippen LogP contribution in [0.3, 0.4) is 0 Å². The molecule has 53 heavy (non-hydrogen) atoms. The molecule has 0 saturated heterocycles. The molecule has 1 saturated carbocycles. The third-order valence-electron chi connectivity index (χ3n) is 8.33. The summed E-state index contributed by atoms with van der Waals surface area (Å²) >= 11 is 0. The van der Waals surface area contributed by atoms with Gasteiger partial charge in [-0.25, -0.2) is 4.57 Å². The second kappa shape index (κ2) is 31.0. The Labute approximate surface area is 317 Å². The fourth-order valence-corrected chi connectivity index (χ4v) is 6.23. The Morgan fingerprint density at radius 3 is 1.68 bits per heavy atom. The summed E-state index contributed by atoms with van der Waals surface area (Å²) in [5, 5.41) is 49.9. The number of phosphoric acid groups is 1. The number of aliphatic hydroxyl groups is 5. The minimum Gasteiger partial charge on any atom is -0.457 e. The van der Waals surface area contributed by atoms with Crippen molar-refractivity contribution in [1.29, 1.82) is 0 Å². The number of phosphoric ester groups is 1. The molecule has 0 aromatic carbocycles. The molecule has 0 aliphatic heterocycles. The lowest BCUT2D eigenvalue weighted by Crippen LogP contribution is -2.64. The quantitative estimate of drug-likeness (QED) is 0.0202. The van der Waals surface area contributed by atoms with E-state index in [-0.39, 0.29) is 13.0 Å². The van der Waals surface area contributed by atoms with Crippen LogP contribution >= 0.6 is 7.82 Å². The minimum absolute atomic E-state index is 0.0513. The average molecular weight is 771 g/mol. The molecule has 0 bridgehead atoms. The van der Waals surface area contributed by atoms with E-state index in [1.807, 2.05) is 18.2 Å². The Balaban J connectivity index is 2.56. The summed E-state index contributed by atoms with van der Waals surface area (Å²) in [6.07, 6.45) is 25.9. The molecule has 1 aliphatic rings. The van der Waals surface area contributed by atoms with Crippen molar-refractivity contribution in [3.8, 4) is 0 Å². The Hall–Kier alpha value is -2.22. The van der Waals surface area contributed by atoms with Gasteiger partial charge >= 0.3 is 13.8 Å². The van der Waals surface area contributed by atoms with Gasteiger partial charge in [-0.2, -0.15) is 0 Å². The summed E-state index contributed by atoms with van der Waals surface area (Å²) in [4.78, 5) is 22.9. The van der Waals surface area contributed by atoms with Gasteiger partial charge in [0.2, 0.25) is 0 Å². The van der Waals surface area contributed by atoms with E-state index in [1.54, 1.807) is 6.08 Å². The van der Waals surface area contributed by atoms with Crippen LogP contribution in [0.5, 0.6) is 0 Å². The van der Waals surface area contributed by atoms with Crippen LogP contribution in [0.25, 0.3) is 0 Å². The zero-order valence-electron chi connectivity index (χ0n) is 31.8. The molecule has 0 heterocycles. The van der Waals surface area contributed by atoms with Crippen molar-refractivity contribution in [3.05, 3.63) is 72.9 Å². The van der Waals surface area contributed by atoms with Crippen LogP contribution < -0.4 is 0 Å². The number of carbonyl (C=O) groups is 1. The summed E-state index contributed by atoms with van der Waals surface area (Å²) in [5.41, 5.74) is 0. The second-order valence-electron chi connectivity index (χ2n) is 13.1. The van der Waals surface area contributed by atoms with Crippen molar-refractivity contribution in [3.63, 3.8) is 0 Å². The maximum absolute atomic E-state index is 12.7. The molecule has 6 unspecified atom stereocenters. The van der Waals surface area contributed by atoms with Crippen LogP contribution in [0.1, 0.15) is 110 Å². The second-order valence-corrected chi connectivity index (χ2v) is 14.5. The van der Waals surface area contributed by atoms with E-state index in [0.29, 0.717) is 13.0 Å². The molecule has 13 heteroatoms. The SMILES string of the molecule is CC/C=C\C/C=C\C/C=C\C/C=C\C/C=C\CC(=O)OC(COCCCCCCCC/C=C\CCC)COP(=O)(O)OC1C(O)C(O)C(O)C(O)C1O. The van der Waals surface area contributed by atoms with E-state index in [9.17, 15) is 39.8 Å². The van der Waals surface area contributed by atoms with Gasteiger partial charge < -0.3 is 39.9 Å². The first-order chi connectivity index (χ1) is 25.5. The van der Waals surface area contributed by atoms with Crippen molar-refractivity contribution in [1.82, 2.24) is 0 Å². The molecular formula is C40H67O12P. The number of allylic oxidation sites excluding steroid dienone is 11. The predicted molar refractivity (Wildman–Crippen MR) is 207 cm³/mol. The molecule has 6 atom stereocenters. The highest BCUT2D eigenvalue weighted by Gasteiger charge is 2.51. The van der Waals surface area contributed by atoms with E-state index >= 15 is 0 Å². The molecular weight excluding hydrogens is 703 g/mol. The number of rotatable bonds is 30. The van der Waals surface area contributed by atoms with Crippen molar-refractivity contribution in [2.75, 3.05) is 19.8 Å². The Bertz CT molecular complexity index is 1150. The van der Waals surface area contributed by atoms with Crippen LogP contribution in [0.2, 0.25) is 0 Å². The van der Waals surface area contributed by atoms with Gasteiger partial charge in [0.15, 0.2) is 0 Å². The standard InChI is InChI=1S/C40H67O12P/c1-3-5-7-9-11-13-15-16-17-18-19-21-23-25-27-29-34(41)51-33(31-49-30-28-26-24-22-20-14-12-10-8-6-4-2)32-50-53(47,48)52-40-38(45)36(43)35(42)37(44)39(40)46/h5,7-8,10-11,13,16-17,19,21,25,27,33,35-40,42-46H,3-4,6,9,12,14-15,18,20,22-24,26,28-32H2,1-2H3,(H,47,48)/b7-5-,10-8-,13-11-,17-16-,21-19-,27-25-. The summed E-state index contributed by atoms with van der Waals surface area (Å²) in [6.45, 7) is 3.92. The highest BCUT2D eigenvalue weighted by Crippen LogP contribution is 2.47. The molecule has 304 valence electrons. The van der Waals surface area contributed by atoms with Crippen LogP contribution in [-0.2, 0) is 27.9 Å². The first-order valence-electron chi connectivity index (χ1n) is 19.3. The third-order valence-corrected chi connectivity index (χ3v) is 9.31. The Morgan fingerprint density at radius 1 is 0.623 bits per heavy atom. The van der Waals surface area contributed by atoms with Gasteiger partial charge in [-0.3, -0.25) is 13.8 Å². The zero-order chi connectivity index (χ0) is 39.2. The lowest BCUT2D eigenvalue weighted by atomic mass is 9.85. The van der Waals surface area contributed by atoms with Gasteiger partial charge in [-0.15, -0.1) is 0 Å². The monoisotopic (exact) mass is 770 g/mol. The van der Waals surface area contributed by atoms with Crippen molar-refractivity contribution >= 4 is 13.8 Å². The maximum Gasteiger partial charge on any atom is 0.472 e. The summed E-state index contributed by atoms with van der Waals surface area (Å²) in [7, 11) is -5.04. The molecule has 1 aliphatic carbocycles. The zero-order valence-corrected chi connectivity index (χ0v) is 32.7. The van der Waals surface area contributed by atoms with Gasteiger partial charge in [-0.1, -0.05) is 119 Å². The molecule has 0 amide bonds. The first-order valence-corrected chi connectivity index (χ1v) is 20.8. The van der Waals surface area contributed by atoms with Gasteiger partial charge in [0.05, 0.1) is 19.6 Å². The topological polar surface area (TPSA) is 192 Å². The number of ether oxygens (including phenoxy) is 2. The largest absolute Gasteiger partial charge is 0.472 e. The Morgan fingerprint density at radius 2 is 1.11 bits per heavy atom. The number of hydrogen-bond donors (Lipinski definition) is 6. The fraction of sp³-hybridized carbons (Fsp3) is 0.675. The first kappa shape index (κ1) is 48.8. The summed E-state index contributed by atoms with van der Waals surface area (Å²) in [6, 6.07) is 0. The van der Waals surface area contributed by atoms with Crippen LogP contribution in [-0.4, -0.2) is 98.9 Å². The minimum atomic E-state index is -5.04. The third kappa shape index (κ3) is 24.0. The molecule has 0 aromatic rings. The predicted octanol–water partition coefficient (Wildman–Crippen LogP) is 6.46. The fourth-order valence-electron chi connectivity index (χ4n) is 5.25. The van der Waals surface area contributed by atoms with Gasteiger partial charge in [0, 0.05) is 6.61 Å². The van der Waals surface area contributed by atoms with Gasteiger partial charge in [0.25, 0.3) is 0 Å². The van der Waals surface area contributed by atoms with E-state index in [1.165, 1.54) is 12.8 Å². The maximum atomic E-state index is 12.7. The normalized spacial score (nSPS) is 24.5. The molecule has 0 spiro atoms. The summed E-state index contributed by atoms with van der Waals surface area (Å²) < 4.78 is 33.8. The number of unbranched alkanes of at least 4 members (excludes halogenated alkanes) is 7. The van der Waals surface area contributed by atoms with E-state index in [4.69, 9.17) is 18.5 Å². The number of esters is 1. The molecule has 1 fully saturated rings. The van der Waals surface area contributed by atoms with Crippen molar-refractivity contribution < 1.29 is 58.3 Å². The molecule has 1 rings (SSSR count). The highest BCUT2D eigenvalue weighted by atomic mass is 31.2. The lowest BCUT2D eigenvalue weighted by molar-refractivity contribution is -0.220. The molecule has 0 aromatic heterocycles. The smallest absolute Gasteiger partial charge is 0.457 e.